The third kappa shape index (κ3) is 1.43. The molecule has 0 spiro atoms. The summed E-state index contributed by atoms with van der Waals surface area (Å²) in [4.78, 5) is 17.8. The molecule has 1 heterocycles. The number of hydrogen-bond acceptors (Lipinski definition) is 4. The zero-order valence-electron chi connectivity index (χ0n) is 7.65. The summed E-state index contributed by atoms with van der Waals surface area (Å²) in [7, 11) is 0. The van der Waals surface area contributed by atoms with Crippen molar-refractivity contribution in [2.24, 2.45) is 4.99 Å². The maximum Gasteiger partial charge on any atom is 0.240 e. The summed E-state index contributed by atoms with van der Waals surface area (Å²) in [5.74, 6) is 0.687. The Morgan fingerprint density at radius 1 is 1.57 bits per heavy atom. The maximum absolute atomic E-state index is 10.0. The fourth-order valence-corrected chi connectivity index (χ4v) is 1.23. The Hall–Kier alpha value is -1.93. The van der Waals surface area contributed by atoms with Gasteiger partial charge in [-0.3, -0.25) is 0 Å². The predicted octanol–water partition coefficient (Wildman–Crippen LogP) is 2.36. The van der Waals surface area contributed by atoms with E-state index in [0.29, 0.717) is 17.2 Å². The lowest BCUT2D eigenvalue weighted by molar-refractivity contribution is 0.538. The van der Waals surface area contributed by atoms with Crippen LogP contribution in [0.3, 0.4) is 0 Å². The molecule has 14 heavy (non-hydrogen) atoms. The molecule has 0 aliphatic carbocycles. The fourth-order valence-electron chi connectivity index (χ4n) is 1.23. The van der Waals surface area contributed by atoms with Crippen molar-refractivity contribution in [3.05, 3.63) is 24.1 Å². The highest BCUT2D eigenvalue weighted by molar-refractivity contribution is 5.76. The average Bonchev–Trinajstić information content (AvgIpc) is 2.60. The van der Waals surface area contributed by atoms with Crippen molar-refractivity contribution in [3.8, 4) is 0 Å². The molecular weight excluding hydrogens is 180 g/mol. The van der Waals surface area contributed by atoms with Gasteiger partial charge in [0.1, 0.15) is 5.52 Å². The molecule has 2 rings (SSSR count). The minimum atomic E-state index is 0.534. The van der Waals surface area contributed by atoms with Crippen LogP contribution >= 0.6 is 0 Å². The minimum Gasteiger partial charge on any atom is -0.441 e. The second-order valence-electron chi connectivity index (χ2n) is 2.82. The zero-order valence-corrected chi connectivity index (χ0v) is 7.65. The standard InChI is InChI=1S/C10H8N2O2/c1-2-10-12-8-4-3-7(11-6-13)5-9(8)14-10/h3-5H,2H2,1H3. The Morgan fingerprint density at radius 3 is 3.14 bits per heavy atom. The van der Waals surface area contributed by atoms with Crippen LogP contribution in [0, 0.1) is 0 Å². The van der Waals surface area contributed by atoms with Gasteiger partial charge in [-0.25, -0.2) is 9.78 Å². The van der Waals surface area contributed by atoms with E-state index in [9.17, 15) is 4.79 Å². The van der Waals surface area contributed by atoms with E-state index in [1.807, 2.05) is 6.92 Å². The first-order valence-corrected chi connectivity index (χ1v) is 4.31. The number of aryl methyl sites for hydroxylation is 1. The van der Waals surface area contributed by atoms with Crippen molar-refractivity contribution in [2.75, 3.05) is 0 Å². The van der Waals surface area contributed by atoms with Crippen LogP contribution in [0.4, 0.5) is 5.69 Å². The van der Waals surface area contributed by atoms with E-state index in [2.05, 4.69) is 9.98 Å². The van der Waals surface area contributed by atoms with Crippen LogP contribution in [0.2, 0.25) is 0 Å². The molecule has 0 saturated carbocycles. The van der Waals surface area contributed by atoms with E-state index < -0.39 is 0 Å². The van der Waals surface area contributed by atoms with Gasteiger partial charge in [-0.2, -0.15) is 4.99 Å². The van der Waals surface area contributed by atoms with Gasteiger partial charge in [-0.05, 0) is 12.1 Å². The monoisotopic (exact) mass is 188 g/mol. The Bertz CT molecular complexity index is 510. The van der Waals surface area contributed by atoms with E-state index in [1.165, 1.54) is 6.08 Å². The second kappa shape index (κ2) is 3.44. The van der Waals surface area contributed by atoms with Crippen LogP contribution in [0.25, 0.3) is 11.1 Å². The summed E-state index contributed by atoms with van der Waals surface area (Å²) in [6.45, 7) is 1.97. The molecule has 0 amide bonds. The van der Waals surface area contributed by atoms with Gasteiger partial charge in [0, 0.05) is 12.5 Å². The van der Waals surface area contributed by atoms with Gasteiger partial charge in [-0.1, -0.05) is 6.92 Å². The molecule has 0 radical (unpaired) electrons. The van der Waals surface area contributed by atoms with Crippen molar-refractivity contribution >= 4 is 22.9 Å². The molecule has 70 valence electrons. The largest absolute Gasteiger partial charge is 0.441 e. The molecule has 0 atom stereocenters. The third-order valence-electron chi connectivity index (χ3n) is 1.89. The Labute approximate surface area is 80.3 Å². The van der Waals surface area contributed by atoms with E-state index in [0.717, 1.165) is 11.9 Å². The van der Waals surface area contributed by atoms with Crippen LogP contribution in [-0.2, 0) is 11.2 Å². The quantitative estimate of drug-likeness (QED) is 0.537. The first-order chi connectivity index (χ1) is 6.83. The fraction of sp³-hybridized carbons (Fsp3) is 0.200. The van der Waals surface area contributed by atoms with Gasteiger partial charge in [0.15, 0.2) is 11.5 Å². The summed E-state index contributed by atoms with van der Waals surface area (Å²) in [6.07, 6.45) is 2.23. The van der Waals surface area contributed by atoms with Crippen molar-refractivity contribution in [1.82, 2.24) is 4.98 Å². The van der Waals surface area contributed by atoms with Gasteiger partial charge < -0.3 is 4.42 Å². The van der Waals surface area contributed by atoms with E-state index in [1.54, 1.807) is 18.2 Å². The molecule has 0 unspecified atom stereocenters. The highest BCUT2D eigenvalue weighted by Crippen LogP contribution is 2.21. The SMILES string of the molecule is CCc1nc2ccc(N=C=O)cc2o1. The molecule has 0 fully saturated rings. The zero-order chi connectivity index (χ0) is 9.97. The van der Waals surface area contributed by atoms with Crippen LogP contribution in [0.5, 0.6) is 0 Å². The van der Waals surface area contributed by atoms with Crippen molar-refractivity contribution in [2.45, 2.75) is 13.3 Å². The summed E-state index contributed by atoms with van der Waals surface area (Å²) < 4.78 is 5.40. The van der Waals surface area contributed by atoms with Crippen molar-refractivity contribution in [1.29, 1.82) is 0 Å². The lowest BCUT2D eigenvalue weighted by atomic mass is 10.3. The molecule has 1 aromatic carbocycles. The van der Waals surface area contributed by atoms with Crippen LogP contribution < -0.4 is 0 Å². The van der Waals surface area contributed by atoms with Crippen molar-refractivity contribution < 1.29 is 9.21 Å². The lowest BCUT2D eigenvalue weighted by Gasteiger charge is -1.87. The molecule has 0 aliphatic rings. The number of carbonyl (C=O) groups excluding carboxylic acids is 1. The van der Waals surface area contributed by atoms with Gasteiger partial charge in [0.2, 0.25) is 6.08 Å². The number of aromatic nitrogens is 1. The number of aliphatic imine (C=N–C) groups is 1. The van der Waals surface area contributed by atoms with E-state index in [-0.39, 0.29) is 0 Å². The number of nitrogens with zero attached hydrogens (tertiary/aromatic N) is 2. The Kier molecular flexibility index (Phi) is 2.13. The first kappa shape index (κ1) is 8.66. The first-order valence-electron chi connectivity index (χ1n) is 4.31. The van der Waals surface area contributed by atoms with E-state index >= 15 is 0 Å². The van der Waals surface area contributed by atoms with Crippen LogP contribution in [-0.4, -0.2) is 11.1 Å². The second-order valence-corrected chi connectivity index (χ2v) is 2.82. The number of benzene rings is 1. The summed E-state index contributed by atoms with van der Waals surface area (Å²) in [5, 5.41) is 0. The maximum atomic E-state index is 10.0. The lowest BCUT2D eigenvalue weighted by Crippen LogP contribution is -1.74. The van der Waals surface area contributed by atoms with Gasteiger partial charge in [-0.15, -0.1) is 0 Å². The number of rotatable bonds is 2. The summed E-state index contributed by atoms with van der Waals surface area (Å²) in [6, 6.07) is 5.15. The minimum absolute atomic E-state index is 0.534. The highest BCUT2D eigenvalue weighted by atomic mass is 16.3. The third-order valence-corrected chi connectivity index (χ3v) is 1.89. The highest BCUT2D eigenvalue weighted by Gasteiger charge is 2.03. The number of fused-ring (bicyclic) bond motifs is 1. The Balaban J connectivity index is 2.59. The average molecular weight is 188 g/mol. The molecule has 0 saturated heterocycles. The smallest absolute Gasteiger partial charge is 0.240 e. The summed E-state index contributed by atoms with van der Waals surface area (Å²) >= 11 is 0. The topological polar surface area (TPSA) is 55.5 Å². The Morgan fingerprint density at radius 2 is 2.43 bits per heavy atom. The van der Waals surface area contributed by atoms with E-state index in [4.69, 9.17) is 4.42 Å². The number of isocyanates is 1. The predicted molar refractivity (Wildman–Crippen MR) is 51.2 cm³/mol. The van der Waals surface area contributed by atoms with Crippen molar-refractivity contribution in [3.63, 3.8) is 0 Å². The molecule has 4 nitrogen and oxygen atoms in total. The number of oxazole rings is 1. The molecule has 0 bridgehead atoms. The van der Waals surface area contributed by atoms with Gasteiger partial charge >= 0.3 is 0 Å². The normalized spacial score (nSPS) is 10.1. The van der Waals surface area contributed by atoms with Gasteiger partial charge in [0.25, 0.3) is 0 Å². The summed E-state index contributed by atoms with van der Waals surface area (Å²) in [5.41, 5.74) is 1.97. The molecule has 1 aromatic heterocycles. The molecule has 4 heteroatoms. The molecule has 0 aliphatic heterocycles. The molecule has 2 aromatic rings. The molecule has 0 N–H and O–H groups in total. The number of hydrogen-bond donors (Lipinski definition) is 0. The van der Waals surface area contributed by atoms with Crippen LogP contribution in [0.1, 0.15) is 12.8 Å². The van der Waals surface area contributed by atoms with Crippen LogP contribution in [0.15, 0.2) is 27.6 Å². The van der Waals surface area contributed by atoms with Gasteiger partial charge in [0.05, 0.1) is 5.69 Å². The molecular formula is C10H8N2O2.